The Kier molecular flexibility index (Phi) is 2.54. The van der Waals surface area contributed by atoms with Gasteiger partial charge in [-0.15, -0.1) is 0 Å². The van der Waals surface area contributed by atoms with Crippen molar-refractivity contribution < 1.29 is 9.59 Å². The van der Waals surface area contributed by atoms with E-state index in [4.69, 9.17) is 5.73 Å². The molecule has 0 unspecified atom stereocenters. The molecule has 90 valence electrons. The fourth-order valence-corrected chi connectivity index (χ4v) is 1.96. The molecule has 1 aromatic rings. The Morgan fingerprint density at radius 2 is 1.76 bits per heavy atom. The smallest absolute Gasteiger partial charge is 0.261 e. The van der Waals surface area contributed by atoms with Gasteiger partial charge in [0, 0.05) is 12.1 Å². The minimum atomic E-state index is -0.581. The van der Waals surface area contributed by atoms with Crippen LogP contribution in [0.3, 0.4) is 0 Å². The van der Waals surface area contributed by atoms with Crippen molar-refractivity contribution in [3.8, 4) is 0 Å². The van der Waals surface area contributed by atoms with Gasteiger partial charge in [0.2, 0.25) is 0 Å². The molecule has 0 saturated carbocycles. The highest BCUT2D eigenvalue weighted by Gasteiger charge is 2.37. The molecule has 1 aromatic carbocycles. The van der Waals surface area contributed by atoms with Crippen molar-refractivity contribution in [1.29, 1.82) is 0 Å². The Balaban J connectivity index is 2.39. The Bertz CT molecular complexity index is 501. The molecule has 1 aliphatic heterocycles. The number of hydrogen-bond donors (Lipinski definition) is 1. The van der Waals surface area contributed by atoms with Crippen molar-refractivity contribution >= 4 is 11.8 Å². The Morgan fingerprint density at radius 3 is 2.35 bits per heavy atom. The molecule has 0 fully saturated rings. The van der Waals surface area contributed by atoms with Crippen molar-refractivity contribution in [2.24, 2.45) is 5.73 Å². The van der Waals surface area contributed by atoms with E-state index in [1.165, 1.54) is 4.90 Å². The van der Waals surface area contributed by atoms with Gasteiger partial charge >= 0.3 is 0 Å². The van der Waals surface area contributed by atoms with Gasteiger partial charge in [0.25, 0.3) is 11.8 Å². The summed E-state index contributed by atoms with van der Waals surface area (Å²) in [7, 11) is 0. The van der Waals surface area contributed by atoms with E-state index in [0.717, 1.165) is 5.56 Å². The van der Waals surface area contributed by atoms with Crippen LogP contribution in [0.4, 0.5) is 0 Å². The van der Waals surface area contributed by atoms with Crippen molar-refractivity contribution in [2.75, 3.05) is 6.54 Å². The molecule has 4 heteroatoms. The highest BCUT2D eigenvalue weighted by molar-refractivity contribution is 6.21. The number of benzene rings is 1. The highest BCUT2D eigenvalue weighted by atomic mass is 16.2. The van der Waals surface area contributed by atoms with E-state index in [1.807, 2.05) is 13.0 Å². The zero-order valence-electron chi connectivity index (χ0n) is 10.3. The van der Waals surface area contributed by atoms with Gasteiger partial charge in [-0.1, -0.05) is 11.6 Å². The maximum Gasteiger partial charge on any atom is 0.261 e. The summed E-state index contributed by atoms with van der Waals surface area (Å²) in [6.45, 7) is 5.72. The van der Waals surface area contributed by atoms with Gasteiger partial charge in [-0.05, 0) is 32.9 Å². The lowest BCUT2D eigenvalue weighted by Gasteiger charge is -2.24. The maximum atomic E-state index is 12.1. The first-order chi connectivity index (χ1) is 7.79. The maximum absolute atomic E-state index is 12.1. The highest BCUT2D eigenvalue weighted by Crippen LogP contribution is 2.24. The average molecular weight is 232 g/mol. The summed E-state index contributed by atoms with van der Waals surface area (Å²) in [5.41, 5.74) is 7.21. The molecule has 4 nitrogen and oxygen atoms in total. The van der Waals surface area contributed by atoms with Crippen LogP contribution in [0.15, 0.2) is 18.2 Å². The van der Waals surface area contributed by atoms with Crippen LogP contribution >= 0.6 is 0 Å². The zero-order valence-corrected chi connectivity index (χ0v) is 10.3. The second-order valence-electron chi connectivity index (χ2n) is 5.23. The molecule has 0 bridgehead atoms. The molecule has 0 saturated heterocycles. The van der Waals surface area contributed by atoms with Crippen LogP contribution in [0, 0.1) is 6.92 Å². The number of nitrogens with zero attached hydrogens (tertiary/aromatic N) is 1. The standard InChI is InChI=1S/C13H16N2O2/c1-8-4-5-9-10(6-8)12(17)15(11(9)16)7-13(2,3)14/h4-6H,7,14H2,1-3H3. The third-order valence-electron chi connectivity index (χ3n) is 2.69. The molecular weight excluding hydrogens is 216 g/mol. The van der Waals surface area contributed by atoms with Crippen LogP contribution in [-0.2, 0) is 0 Å². The van der Waals surface area contributed by atoms with Crippen molar-refractivity contribution in [3.05, 3.63) is 34.9 Å². The van der Waals surface area contributed by atoms with Crippen LogP contribution in [0.5, 0.6) is 0 Å². The van der Waals surface area contributed by atoms with Crippen LogP contribution < -0.4 is 5.73 Å². The Hall–Kier alpha value is -1.68. The van der Waals surface area contributed by atoms with Gasteiger partial charge in [-0.3, -0.25) is 14.5 Å². The molecule has 0 spiro atoms. The zero-order chi connectivity index (χ0) is 12.8. The summed E-state index contributed by atoms with van der Waals surface area (Å²) in [5.74, 6) is -0.490. The van der Waals surface area contributed by atoms with Gasteiger partial charge in [0.15, 0.2) is 0 Å². The first kappa shape index (κ1) is 11.8. The quantitative estimate of drug-likeness (QED) is 0.782. The van der Waals surface area contributed by atoms with Gasteiger partial charge in [0.05, 0.1) is 11.1 Å². The van der Waals surface area contributed by atoms with E-state index < -0.39 is 5.54 Å². The first-order valence-electron chi connectivity index (χ1n) is 5.55. The number of carbonyl (C=O) groups excluding carboxylic acids is 2. The molecule has 2 rings (SSSR count). The van der Waals surface area contributed by atoms with Gasteiger partial charge in [-0.25, -0.2) is 0 Å². The molecular formula is C13H16N2O2. The minimum absolute atomic E-state index is 0.235. The van der Waals surface area contributed by atoms with Crippen LogP contribution in [0.1, 0.15) is 40.1 Å². The molecule has 2 amide bonds. The summed E-state index contributed by atoms with van der Waals surface area (Å²) < 4.78 is 0. The van der Waals surface area contributed by atoms with E-state index in [0.29, 0.717) is 11.1 Å². The van der Waals surface area contributed by atoms with E-state index in [1.54, 1.807) is 26.0 Å². The topological polar surface area (TPSA) is 63.4 Å². The SMILES string of the molecule is Cc1ccc2c(c1)C(=O)N(CC(C)(C)N)C2=O. The lowest BCUT2D eigenvalue weighted by atomic mass is 10.1. The van der Waals surface area contributed by atoms with E-state index in [9.17, 15) is 9.59 Å². The predicted molar refractivity (Wildman–Crippen MR) is 64.8 cm³/mol. The van der Waals surface area contributed by atoms with Crippen molar-refractivity contribution in [2.45, 2.75) is 26.3 Å². The number of hydrogen-bond acceptors (Lipinski definition) is 3. The Morgan fingerprint density at radius 1 is 1.18 bits per heavy atom. The molecule has 2 N–H and O–H groups in total. The summed E-state index contributed by atoms with van der Waals surface area (Å²) in [6.07, 6.45) is 0. The number of fused-ring (bicyclic) bond motifs is 1. The largest absolute Gasteiger partial charge is 0.324 e. The molecule has 0 atom stereocenters. The number of carbonyl (C=O) groups is 2. The van der Waals surface area contributed by atoms with Gasteiger partial charge < -0.3 is 5.73 Å². The number of aryl methyl sites for hydroxylation is 1. The second-order valence-corrected chi connectivity index (χ2v) is 5.23. The Labute approximate surface area is 100 Å². The third kappa shape index (κ3) is 2.08. The monoisotopic (exact) mass is 232 g/mol. The molecule has 1 aliphatic rings. The normalized spacial score (nSPS) is 15.4. The third-order valence-corrected chi connectivity index (χ3v) is 2.69. The fourth-order valence-electron chi connectivity index (χ4n) is 1.96. The minimum Gasteiger partial charge on any atom is -0.324 e. The van der Waals surface area contributed by atoms with Crippen molar-refractivity contribution in [1.82, 2.24) is 4.90 Å². The fraction of sp³-hybridized carbons (Fsp3) is 0.385. The second kappa shape index (κ2) is 3.67. The van der Waals surface area contributed by atoms with E-state index in [2.05, 4.69) is 0 Å². The number of amides is 2. The number of nitrogens with two attached hydrogens (primary N) is 1. The summed E-state index contributed by atoms with van der Waals surface area (Å²) >= 11 is 0. The van der Waals surface area contributed by atoms with Crippen molar-refractivity contribution in [3.63, 3.8) is 0 Å². The van der Waals surface area contributed by atoms with Crippen LogP contribution in [0.2, 0.25) is 0 Å². The molecule has 0 aliphatic carbocycles. The summed E-state index contributed by atoms with van der Waals surface area (Å²) in [4.78, 5) is 25.4. The molecule has 17 heavy (non-hydrogen) atoms. The van der Waals surface area contributed by atoms with E-state index in [-0.39, 0.29) is 18.4 Å². The van der Waals surface area contributed by atoms with Gasteiger partial charge in [-0.2, -0.15) is 0 Å². The molecule has 0 aromatic heterocycles. The lowest BCUT2D eigenvalue weighted by Crippen LogP contribution is -2.47. The van der Waals surface area contributed by atoms with Gasteiger partial charge in [0.1, 0.15) is 0 Å². The molecule has 0 radical (unpaired) electrons. The summed E-state index contributed by atoms with van der Waals surface area (Å²) in [5, 5.41) is 0. The summed E-state index contributed by atoms with van der Waals surface area (Å²) in [6, 6.07) is 5.29. The van der Waals surface area contributed by atoms with E-state index >= 15 is 0 Å². The molecule has 1 heterocycles. The van der Waals surface area contributed by atoms with Crippen LogP contribution in [0.25, 0.3) is 0 Å². The van der Waals surface area contributed by atoms with Crippen LogP contribution in [-0.4, -0.2) is 28.8 Å². The average Bonchev–Trinajstić information content (AvgIpc) is 2.42. The lowest BCUT2D eigenvalue weighted by molar-refractivity contribution is 0.0625. The predicted octanol–water partition coefficient (Wildman–Crippen LogP) is 1.33. The number of rotatable bonds is 2. The first-order valence-corrected chi connectivity index (χ1v) is 5.55. The number of imide groups is 1.